The molecule has 7 nitrogen and oxygen atoms in total. The standard InChI is InChI=1S/C30H42N2O5/c1-7-28(5)16-23(37-24(34)17-31-27(36)32-21-10-8-9-18(2)15-21)29(6)19(3)11-13-30(20(4)26(28)35)14-12-22(33)25(29)30/h7-10,15,19-20,23,25-26,35H,1,11-14,16-17H2,2-6H3,(H2,31,32,36)/t19-,20+,23-,25+,26+,28-,29+,30+/m1/s1. The molecule has 0 unspecified atom stereocenters. The number of anilines is 1. The molecule has 3 aliphatic carbocycles. The third-order valence-electron chi connectivity index (χ3n) is 10.2. The summed E-state index contributed by atoms with van der Waals surface area (Å²) in [4.78, 5) is 39.0. The van der Waals surface area contributed by atoms with Crippen molar-refractivity contribution < 1.29 is 24.2 Å². The molecule has 202 valence electrons. The molecule has 3 N–H and O–H groups in total. The van der Waals surface area contributed by atoms with Gasteiger partial charge in [-0.15, -0.1) is 6.58 Å². The van der Waals surface area contributed by atoms with Gasteiger partial charge in [0.1, 0.15) is 18.4 Å². The van der Waals surface area contributed by atoms with Crippen molar-refractivity contribution in [3.05, 3.63) is 42.5 Å². The number of Topliss-reactive ketones (excluding diaryl/α,β-unsaturated/α-hetero) is 1. The molecule has 0 radical (unpaired) electrons. The summed E-state index contributed by atoms with van der Waals surface area (Å²) in [5, 5.41) is 16.9. The Labute approximate surface area is 220 Å². The number of aliphatic hydroxyl groups excluding tert-OH is 1. The average molecular weight is 511 g/mol. The van der Waals surface area contributed by atoms with E-state index >= 15 is 0 Å². The van der Waals surface area contributed by atoms with E-state index in [1.807, 2.05) is 32.0 Å². The third kappa shape index (κ3) is 4.60. The molecule has 0 aliphatic heterocycles. The summed E-state index contributed by atoms with van der Waals surface area (Å²) in [5.74, 6) is -0.555. The Morgan fingerprint density at radius 1 is 1.24 bits per heavy atom. The zero-order valence-corrected chi connectivity index (χ0v) is 22.8. The van der Waals surface area contributed by atoms with Gasteiger partial charge in [0.15, 0.2) is 0 Å². The molecule has 0 heterocycles. The van der Waals surface area contributed by atoms with Crippen molar-refractivity contribution in [3.63, 3.8) is 0 Å². The quantitative estimate of drug-likeness (QED) is 0.381. The van der Waals surface area contributed by atoms with Crippen molar-refractivity contribution in [1.29, 1.82) is 0 Å². The molecule has 0 aromatic heterocycles. The highest BCUT2D eigenvalue weighted by Gasteiger charge is 2.68. The lowest BCUT2D eigenvalue weighted by Crippen LogP contribution is -2.63. The Hall–Kier alpha value is -2.67. The SMILES string of the molecule is C=C[C@]1(C)C[C@@H](OC(=O)CNC(=O)Nc2cccc(C)c2)[C@]2(C)[C@H](C)CC[C@]3(CCC(=O)[C@H]32)[C@@H](C)[C@@H]1O. The maximum atomic E-state index is 13.5. The van der Waals surface area contributed by atoms with Gasteiger partial charge >= 0.3 is 12.0 Å². The lowest BCUT2D eigenvalue weighted by molar-refractivity contribution is -0.206. The Morgan fingerprint density at radius 3 is 2.65 bits per heavy atom. The molecule has 0 saturated heterocycles. The van der Waals surface area contributed by atoms with Crippen LogP contribution in [0.4, 0.5) is 10.5 Å². The number of esters is 1. The summed E-state index contributed by atoms with van der Waals surface area (Å²) >= 11 is 0. The number of nitrogens with one attached hydrogen (secondary N) is 2. The van der Waals surface area contributed by atoms with E-state index in [0.29, 0.717) is 18.5 Å². The molecule has 3 fully saturated rings. The highest BCUT2D eigenvalue weighted by Crippen LogP contribution is 2.67. The summed E-state index contributed by atoms with van der Waals surface area (Å²) in [6.45, 7) is 14.0. The Balaban J connectivity index is 1.58. The van der Waals surface area contributed by atoms with Crippen LogP contribution in [0, 0.1) is 40.9 Å². The van der Waals surface area contributed by atoms with Gasteiger partial charge in [-0.2, -0.15) is 0 Å². The number of rotatable bonds is 5. The number of ketones is 1. The van der Waals surface area contributed by atoms with Crippen LogP contribution in [-0.4, -0.2) is 41.6 Å². The van der Waals surface area contributed by atoms with Crippen LogP contribution in [0.1, 0.15) is 65.4 Å². The molecule has 4 rings (SSSR count). The van der Waals surface area contributed by atoms with Crippen LogP contribution >= 0.6 is 0 Å². The van der Waals surface area contributed by atoms with E-state index in [9.17, 15) is 19.5 Å². The van der Waals surface area contributed by atoms with Crippen LogP contribution in [0.25, 0.3) is 0 Å². The van der Waals surface area contributed by atoms with E-state index in [2.05, 4.69) is 38.0 Å². The number of amides is 2. The number of hydrogen-bond acceptors (Lipinski definition) is 5. The van der Waals surface area contributed by atoms with Crippen molar-refractivity contribution in [2.45, 2.75) is 78.9 Å². The van der Waals surface area contributed by atoms with Crippen molar-refractivity contribution in [2.75, 3.05) is 11.9 Å². The first-order valence-corrected chi connectivity index (χ1v) is 13.5. The first kappa shape index (κ1) is 27.4. The van der Waals surface area contributed by atoms with E-state index in [1.54, 1.807) is 12.1 Å². The van der Waals surface area contributed by atoms with Gasteiger partial charge in [0, 0.05) is 28.9 Å². The normalized spacial score (nSPS) is 39.1. The summed E-state index contributed by atoms with van der Waals surface area (Å²) in [5.41, 5.74) is 0.0525. The molecule has 2 amide bonds. The minimum absolute atomic E-state index is 0.0811. The highest BCUT2D eigenvalue weighted by atomic mass is 16.5. The van der Waals surface area contributed by atoms with Crippen LogP contribution in [0.5, 0.6) is 0 Å². The van der Waals surface area contributed by atoms with Gasteiger partial charge in [0.25, 0.3) is 0 Å². The van der Waals surface area contributed by atoms with Gasteiger partial charge < -0.3 is 20.5 Å². The summed E-state index contributed by atoms with van der Waals surface area (Å²) < 4.78 is 6.15. The third-order valence-corrected chi connectivity index (χ3v) is 10.2. The maximum Gasteiger partial charge on any atom is 0.325 e. The lowest BCUT2D eigenvalue weighted by atomic mass is 9.44. The second kappa shape index (κ2) is 9.90. The fourth-order valence-electron chi connectivity index (χ4n) is 7.75. The molecule has 0 spiro atoms. The molecule has 7 heteroatoms. The lowest BCUT2D eigenvalue weighted by Gasteiger charge is -2.61. The van der Waals surface area contributed by atoms with Crippen molar-refractivity contribution in [3.8, 4) is 0 Å². The minimum atomic E-state index is -0.712. The maximum absolute atomic E-state index is 13.5. The number of carbonyl (C=O) groups is 3. The molecule has 2 bridgehead atoms. The van der Waals surface area contributed by atoms with Gasteiger partial charge in [-0.1, -0.05) is 45.9 Å². The first-order valence-electron chi connectivity index (χ1n) is 13.5. The molecule has 3 aliphatic rings. The molecular formula is C30H42N2O5. The second-order valence-electron chi connectivity index (χ2n) is 12.2. The monoisotopic (exact) mass is 510 g/mol. The molecule has 3 saturated carbocycles. The number of urea groups is 1. The zero-order chi connectivity index (χ0) is 27.2. The smallest absolute Gasteiger partial charge is 0.325 e. The summed E-state index contributed by atoms with van der Waals surface area (Å²) in [6, 6.07) is 6.89. The zero-order valence-electron chi connectivity index (χ0n) is 22.8. The van der Waals surface area contributed by atoms with Gasteiger partial charge in [-0.3, -0.25) is 9.59 Å². The fourth-order valence-corrected chi connectivity index (χ4v) is 7.75. The largest absolute Gasteiger partial charge is 0.460 e. The Kier molecular flexibility index (Phi) is 7.32. The van der Waals surface area contributed by atoms with Crippen LogP contribution in [0.3, 0.4) is 0 Å². The van der Waals surface area contributed by atoms with Crippen LogP contribution in [-0.2, 0) is 14.3 Å². The van der Waals surface area contributed by atoms with Crippen LogP contribution in [0.15, 0.2) is 36.9 Å². The van der Waals surface area contributed by atoms with E-state index in [0.717, 1.165) is 24.8 Å². The van der Waals surface area contributed by atoms with E-state index in [4.69, 9.17) is 4.74 Å². The molecule has 1 aromatic carbocycles. The number of carbonyl (C=O) groups excluding carboxylic acids is 3. The van der Waals surface area contributed by atoms with Crippen molar-refractivity contribution in [1.82, 2.24) is 5.32 Å². The minimum Gasteiger partial charge on any atom is -0.460 e. The first-order chi connectivity index (χ1) is 17.4. The average Bonchev–Trinajstić information content (AvgIpc) is 3.21. The summed E-state index contributed by atoms with van der Waals surface area (Å²) in [6.07, 6.45) is 3.87. The Morgan fingerprint density at radius 2 is 1.97 bits per heavy atom. The molecule has 8 atom stereocenters. The van der Waals surface area contributed by atoms with E-state index < -0.39 is 35.0 Å². The van der Waals surface area contributed by atoms with Crippen LogP contribution in [0.2, 0.25) is 0 Å². The van der Waals surface area contributed by atoms with E-state index in [1.165, 1.54) is 0 Å². The molecular weight excluding hydrogens is 468 g/mol. The van der Waals surface area contributed by atoms with Gasteiger partial charge in [0.05, 0.1) is 6.10 Å². The fraction of sp³-hybridized carbons (Fsp3) is 0.633. The number of aryl methyl sites for hydroxylation is 1. The number of ether oxygens (including phenoxy) is 1. The highest BCUT2D eigenvalue weighted by molar-refractivity contribution is 5.91. The van der Waals surface area contributed by atoms with Crippen molar-refractivity contribution in [2.24, 2.45) is 34.0 Å². The summed E-state index contributed by atoms with van der Waals surface area (Å²) in [7, 11) is 0. The Bertz CT molecular complexity index is 1090. The van der Waals surface area contributed by atoms with Crippen LogP contribution < -0.4 is 10.6 Å². The van der Waals surface area contributed by atoms with E-state index in [-0.39, 0.29) is 35.5 Å². The van der Waals surface area contributed by atoms with Gasteiger partial charge in [0.2, 0.25) is 0 Å². The topological polar surface area (TPSA) is 105 Å². The van der Waals surface area contributed by atoms with Gasteiger partial charge in [-0.05, 0) is 67.6 Å². The number of benzene rings is 1. The molecule has 37 heavy (non-hydrogen) atoms. The van der Waals surface area contributed by atoms with Gasteiger partial charge in [-0.25, -0.2) is 4.79 Å². The predicted octanol–water partition coefficient (Wildman–Crippen LogP) is 5.02. The molecule has 1 aromatic rings. The predicted molar refractivity (Wildman–Crippen MR) is 143 cm³/mol. The number of hydrogen-bond donors (Lipinski definition) is 3. The number of aliphatic hydroxyl groups is 1. The van der Waals surface area contributed by atoms with Crippen molar-refractivity contribution >= 4 is 23.5 Å². The second-order valence-corrected chi connectivity index (χ2v) is 12.2.